The van der Waals surface area contributed by atoms with Crippen LogP contribution in [0.25, 0.3) is 6.08 Å². The molecular weight excluding hydrogens is 292 g/mol. The summed E-state index contributed by atoms with van der Waals surface area (Å²) in [7, 11) is 0. The van der Waals surface area contributed by atoms with Crippen LogP contribution in [0.15, 0.2) is 59.4 Å². The van der Waals surface area contributed by atoms with Gasteiger partial charge in [-0.15, -0.1) is 0 Å². The van der Waals surface area contributed by atoms with Crippen LogP contribution in [-0.4, -0.2) is 15.8 Å². The van der Waals surface area contributed by atoms with Crippen molar-refractivity contribution in [3.05, 3.63) is 86.6 Å². The monoisotopic (exact) mass is 310 g/mol. The second kappa shape index (κ2) is 7.35. The lowest BCUT2D eigenvalue weighted by molar-refractivity contribution is -0.413. The third-order valence-electron chi connectivity index (χ3n) is 3.49. The average molecular weight is 310 g/mol. The molecule has 0 aromatic heterocycles. The van der Waals surface area contributed by atoms with Crippen LogP contribution < -0.4 is 0 Å². The van der Waals surface area contributed by atoms with Crippen molar-refractivity contribution >= 4 is 11.8 Å². The summed E-state index contributed by atoms with van der Waals surface area (Å²) in [5.74, 6) is 0. The van der Waals surface area contributed by atoms with Crippen molar-refractivity contribution in [2.45, 2.75) is 20.3 Å². The molecule has 0 saturated carbocycles. The van der Waals surface area contributed by atoms with Gasteiger partial charge in [-0.2, -0.15) is 0 Å². The molecule has 23 heavy (non-hydrogen) atoms. The molecule has 118 valence electrons. The van der Waals surface area contributed by atoms with Crippen LogP contribution in [0.1, 0.15) is 22.3 Å². The molecule has 0 unspecified atom stereocenters. The van der Waals surface area contributed by atoms with Crippen LogP contribution in [0, 0.1) is 24.0 Å². The highest BCUT2D eigenvalue weighted by atomic mass is 16.6. The number of aryl methyl sites for hydroxylation is 2. The SMILES string of the molecule is Cc1ccc(/C=C(\C(Cc2ccc(C)cc2)=N/O)[N+](=O)[O-])cc1. The maximum absolute atomic E-state index is 11.4. The van der Waals surface area contributed by atoms with Gasteiger partial charge in [-0.3, -0.25) is 10.1 Å². The standard InChI is InChI=1S/C18H18N2O3/c1-13-3-7-15(8-4-13)11-17(19-21)18(20(22)23)12-16-9-5-14(2)6-10-16/h3-10,12,21H,11H2,1-2H3/b18-12+,19-17-. The van der Waals surface area contributed by atoms with Crippen molar-refractivity contribution in [1.29, 1.82) is 0 Å². The molecule has 2 rings (SSSR count). The van der Waals surface area contributed by atoms with Gasteiger partial charge in [0.2, 0.25) is 0 Å². The lowest BCUT2D eigenvalue weighted by atomic mass is 10.0. The fraction of sp³-hybridized carbons (Fsp3) is 0.167. The Morgan fingerprint density at radius 1 is 1.09 bits per heavy atom. The van der Waals surface area contributed by atoms with E-state index in [1.165, 1.54) is 6.08 Å². The largest absolute Gasteiger partial charge is 0.410 e. The van der Waals surface area contributed by atoms with E-state index in [1.54, 1.807) is 12.1 Å². The van der Waals surface area contributed by atoms with Gasteiger partial charge in [0.1, 0.15) is 0 Å². The number of nitrogens with zero attached hydrogens (tertiary/aromatic N) is 2. The minimum atomic E-state index is -0.525. The Hall–Kier alpha value is -2.95. The first-order chi connectivity index (χ1) is 11.0. The minimum Gasteiger partial charge on any atom is -0.410 e. The van der Waals surface area contributed by atoms with Crippen LogP contribution in [0.3, 0.4) is 0 Å². The molecule has 0 heterocycles. The number of rotatable bonds is 5. The van der Waals surface area contributed by atoms with Gasteiger partial charge >= 0.3 is 0 Å². The van der Waals surface area contributed by atoms with Gasteiger partial charge in [0, 0.05) is 12.5 Å². The van der Waals surface area contributed by atoms with E-state index in [-0.39, 0.29) is 17.8 Å². The smallest absolute Gasteiger partial charge is 0.295 e. The van der Waals surface area contributed by atoms with E-state index in [4.69, 9.17) is 0 Å². The first-order valence-corrected chi connectivity index (χ1v) is 7.19. The van der Waals surface area contributed by atoms with Crippen molar-refractivity contribution in [2.24, 2.45) is 5.16 Å². The first kappa shape index (κ1) is 16.4. The fourth-order valence-corrected chi connectivity index (χ4v) is 2.14. The molecular formula is C18H18N2O3. The highest BCUT2D eigenvalue weighted by Crippen LogP contribution is 2.14. The molecule has 0 fully saturated rings. The molecule has 0 bridgehead atoms. The quantitative estimate of drug-likeness (QED) is 0.392. The van der Waals surface area contributed by atoms with E-state index in [0.29, 0.717) is 5.56 Å². The topological polar surface area (TPSA) is 75.7 Å². The van der Waals surface area contributed by atoms with Crippen LogP contribution in [0.4, 0.5) is 0 Å². The molecule has 2 aromatic rings. The molecule has 1 N–H and O–H groups in total. The third-order valence-corrected chi connectivity index (χ3v) is 3.49. The molecule has 0 aliphatic rings. The van der Waals surface area contributed by atoms with E-state index in [0.717, 1.165) is 16.7 Å². The molecule has 0 amide bonds. The highest BCUT2D eigenvalue weighted by molar-refractivity contribution is 6.02. The van der Waals surface area contributed by atoms with E-state index >= 15 is 0 Å². The van der Waals surface area contributed by atoms with E-state index < -0.39 is 4.92 Å². The second-order valence-electron chi connectivity index (χ2n) is 5.41. The molecule has 5 heteroatoms. The summed E-state index contributed by atoms with van der Waals surface area (Å²) in [5.41, 5.74) is 3.52. The average Bonchev–Trinajstić information content (AvgIpc) is 2.54. The van der Waals surface area contributed by atoms with Gasteiger partial charge in [0.25, 0.3) is 5.70 Å². The van der Waals surface area contributed by atoms with Crippen molar-refractivity contribution < 1.29 is 10.1 Å². The molecule has 0 aliphatic carbocycles. The van der Waals surface area contributed by atoms with Gasteiger partial charge in [0.15, 0.2) is 5.71 Å². The Morgan fingerprint density at radius 3 is 2.09 bits per heavy atom. The summed E-state index contributed by atoms with van der Waals surface area (Å²) < 4.78 is 0. The number of benzene rings is 2. The summed E-state index contributed by atoms with van der Waals surface area (Å²) in [6.45, 7) is 3.91. The zero-order chi connectivity index (χ0) is 16.8. The zero-order valence-electron chi connectivity index (χ0n) is 13.1. The highest BCUT2D eigenvalue weighted by Gasteiger charge is 2.20. The van der Waals surface area contributed by atoms with Crippen LogP contribution in [0.2, 0.25) is 0 Å². The maximum atomic E-state index is 11.4. The molecule has 0 radical (unpaired) electrons. The van der Waals surface area contributed by atoms with E-state index in [9.17, 15) is 15.3 Å². The molecule has 0 aliphatic heterocycles. The van der Waals surface area contributed by atoms with Crippen molar-refractivity contribution in [1.82, 2.24) is 0 Å². The Labute approximate surface area is 134 Å². The lowest BCUT2D eigenvalue weighted by Crippen LogP contribution is -2.14. The summed E-state index contributed by atoms with van der Waals surface area (Å²) in [6, 6.07) is 14.9. The Balaban J connectivity index is 2.32. The van der Waals surface area contributed by atoms with Crippen molar-refractivity contribution in [3.8, 4) is 0 Å². The number of allylic oxidation sites excluding steroid dienone is 1. The third kappa shape index (κ3) is 4.51. The van der Waals surface area contributed by atoms with Crippen LogP contribution in [-0.2, 0) is 6.42 Å². The summed E-state index contributed by atoms with van der Waals surface area (Å²) >= 11 is 0. The number of nitro groups is 1. The first-order valence-electron chi connectivity index (χ1n) is 7.19. The summed E-state index contributed by atoms with van der Waals surface area (Å²) in [6.07, 6.45) is 1.61. The Morgan fingerprint density at radius 2 is 1.61 bits per heavy atom. The number of hydrogen-bond acceptors (Lipinski definition) is 4. The van der Waals surface area contributed by atoms with E-state index in [1.807, 2.05) is 50.2 Å². The summed E-state index contributed by atoms with van der Waals surface area (Å²) in [4.78, 5) is 10.8. The Kier molecular flexibility index (Phi) is 5.25. The maximum Gasteiger partial charge on any atom is 0.295 e. The van der Waals surface area contributed by atoms with Gasteiger partial charge < -0.3 is 5.21 Å². The normalized spacial score (nSPS) is 12.3. The van der Waals surface area contributed by atoms with Gasteiger partial charge in [-0.25, -0.2) is 0 Å². The van der Waals surface area contributed by atoms with Crippen molar-refractivity contribution in [3.63, 3.8) is 0 Å². The molecule has 2 aromatic carbocycles. The van der Waals surface area contributed by atoms with E-state index in [2.05, 4.69) is 5.16 Å². The van der Waals surface area contributed by atoms with Gasteiger partial charge in [-0.05, 0) is 25.0 Å². The predicted octanol–water partition coefficient (Wildman–Crippen LogP) is 3.99. The fourth-order valence-electron chi connectivity index (χ4n) is 2.14. The zero-order valence-corrected chi connectivity index (χ0v) is 13.1. The number of oxime groups is 1. The molecule has 0 spiro atoms. The second-order valence-corrected chi connectivity index (χ2v) is 5.41. The van der Waals surface area contributed by atoms with Gasteiger partial charge in [-0.1, -0.05) is 64.8 Å². The molecule has 0 saturated heterocycles. The van der Waals surface area contributed by atoms with Crippen LogP contribution in [0.5, 0.6) is 0 Å². The van der Waals surface area contributed by atoms with Crippen LogP contribution >= 0.6 is 0 Å². The lowest BCUT2D eigenvalue weighted by Gasteiger charge is -2.04. The molecule has 5 nitrogen and oxygen atoms in total. The minimum absolute atomic E-state index is 0.0272. The number of hydrogen-bond donors (Lipinski definition) is 1. The molecule has 0 atom stereocenters. The Bertz CT molecular complexity index is 745. The predicted molar refractivity (Wildman–Crippen MR) is 90.3 cm³/mol. The van der Waals surface area contributed by atoms with Crippen molar-refractivity contribution in [2.75, 3.05) is 0 Å². The van der Waals surface area contributed by atoms with Gasteiger partial charge in [0.05, 0.1) is 4.92 Å². The summed E-state index contributed by atoms with van der Waals surface area (Å²) in [5, 5.41) is 23.7.